The zero-order chi connectivity index (χ0) is 15.6. The lowest BCUT2D eigenvalue weighted by molar-refractivity contribution is -0.385. The van der Waals surface area contributed by atoms with E-state index in [4.69, 9.17) is 4.74 Å². The first-order chi connectivity index (χ1) is 9.92. The fourth-order valence-corrected chi connectivity index (χ4v) is 2.83. The van der Waals surface area contributed by atoms with Gasteiger partial charge in [-0.3, -0.25) is 10.1 Å². The molecule has 0 radical (unpaired) electrons. The van der Waals surface area contributed by atoms with Crippen molar-refractivity contribution in [2.75, 3.05) is 0 Å². The molecule has 0 bridgehead atoms. The molecule has 21 heavy (non-hydrogen) atoms. The highest BCUT2D eigenvalue weighted by atomic mass is 32.1. The topological polar surface area (TPSA) is 69.4 Å². The van der Waals surface area contributed by atoms with Crippen LogP contribution >= 0.6 is 11.3 Å². The average molecular weight is 309 g/mol. The molecule has 0 atom stereocenters. The second-order valence-electron chi connectivity index (χ2n) is 4.30. The van der Waals surface area contributed by atoms with Gasteiger partial charge in [-0.25, -0.2) is 9.18 Å². The molecule has 0 aliphatic rings. The third-order valence-electron chi connectivity index (χ3n) is 2.92. The molecule has 0 aliphatic carbocycles. The summed E-state index contributed by atoms with van der Waals surface area (Å²) in [7, 11) is 0. The third kappa shape index (κ3) is 3.25. The lowest BCUT2D eigenvalue weighted by atomic mass is 10.2. The highest BCUT2D eigenvalue weighted by molar-refractivity contribution is 7.14. The number of carbonyl (C=O) groups is 1. The zero-order valence-electron chi connectivity index (χ0n) is 11.4. The quantitative estimate of drug-likeness (QED) is 0.372. The van der Waals surface area contributed by atoms with Crippen LogP contribution in [0.3, 0.4) is 0 Å². The first kappa shape index (κ1) is 15.1. The molecule has 5 nitrogen and oxygen atoms in total. The molecule has 0 spiro atoms. The van der Waals surface area contributed by atoms with E-state index in [-0.39, 0.29) is 0 Å². The number of ether oxygens (including phenoxy) is 1. The maximum atomic E-state index is 13.2. The smallest absolute Gasteiger partial charge is 0.353 e. The Bertz CT molecular complexity index is 711. The van der Waals surface area contributed by atoms with Gasteiger partial charge in [0.05, 0.1) is 4.92 Å². The molecule has 1 heterocycles. The Morgan fingerprint density at radius 2 is 2.14 bits per heavy atom. The van der Waals surface area contributed by atoms with E-state index >= 15 is 0 Å². The van der Waals surface area contributed by atoms with Crippen LogP contribution < -0.4 is 4.74 Å². The van der Waals surface area contributed by atoms with Crippen molar-refractivity contribution < 1.29 is 18.8 Å². The molecule has 2 aromatic rings. The Balaban J connectivity index is 2.30. The maximum absolute atomic E-state index is 13.2. The number of rotatable bonds is 4. The number of halogens is 1. The van der Waals surface area contributed by atoms with Crippen molar-refractivity contribution in [3.63, 3.8) is 0 Å². The highest BCUT2D eigenvalue weighted by Crippen LogP contribution is 2.30. The normalized spacial score (nSPS) is 10.4. The zero-order valence-corrected chi connectivity index (χ0v) is 12.2. The van der Waals surface area contributed by atoms with Crippen molar-refractivity contribution in [2.24, 2.45) is 0 Å². The van der Waals surface area contributed by atoms with Gasteiger partial charge in [0.25, 0.3) is 0 Å². The molecule has 0 N–H and O–H groups in total. The number of nitro groups is 1. The van der Waals surface area contributed by atoms with Crippen LogP contribution in [0.1, 0.15) is 27.0 Å². The predicted octanol–water partition coefficient (Wildman–Crippen LogP) is 3.89. The maximum Gasteiger partial charge on any atom is 0.353 e. The molecule has 1 aromatic heterocycles. The van der Waals surface area contributed by atoms with E-state index in [9.17, 15) is 19.3 Å². The van der Waals surface area contributed by atoms with Crippen molar-refractivity contribution in [3.05, 3.63) is 55.5 Å². The molecule has 0 saturated carbocycles. The molecular formula is C14H12FNO4S. The van der Waals surface area contributed by atoms with E-state index in [1.165, 1.54) is 11.3 Å². The highest BCUT2D eigenvalue weighted by Gasteiger charge is 2.21. The Hall–Kier alpha value is -2.28. The van der Waals surface area contributed by atoms with Crippen molar-refractivity contribution in [1.82, 2.24) is 0 Å². The summed E-state index contributed by atoms with van der Waals surface area (Å²) in [5.41, 5.74) is 0.564. The number of aryl methyl sites for hydroxylation is 2. The second kappa shape index (κ2) is 6.01. The largest absolute Gasteiger partial charge is 0.415 e. The number of nitrogens with zero attached hydrogens (tertiary/aromatic N) is 1. The van der Waals surface area contributed by atoms with Crippen molar-refractivity contribution in [3.8, 4) is 5.75 Å². The lowest BCUT2D eigenvalue weighted by Gasteiger charge is -2.03. The summed E-state index contributed by atoms with van der Waals surface area (Å²) < 4.78 is 18.2. The Labute approximate surface area is 124 Å². The predicted molar refractivity (Wildman–Crippen MR) is 76.4 cm³/mol. The van der Waals surface area contributed by atoms with Crippen molar-refractivity contribution in [2.45, 2.75) is 20.3 Å². The number of esters is 1. The van der Waals surface area contributed by atoms with Gasteiger partial charge >= 0.3 is 11.7 Å². The van der Waals surface area contributed by atoms with Crippen molar-refractivity contribution in [1.29, 1.82) is 0 Å². The number of carbonyl (C=O) groups excluding carboxylic acids is 1. The molecule has 0 saturated heterocycles. The van der Waals surface area contributed by atoms with Gasteiger partial charge in [-0.1, -0.05) is 6.92 Å². The molecule has 110 valence electrons. The van der Waals surface area contributed by atoms with Gasteiger partial charge in [0, 0.05) is 17.0 Å². The first-order valence-electron chi connectivity index (χ1n) is 6.17. The SMILES string of the molecule is CCc1cc(C(=O)Oc2cc(F)ccc2[N+](=O)[O-])sc1C. The van der Waals surface area contributed by atoms with E-state index in [0.29, 0.717) is 4.88 Å². The van der Waals surface area contributed by atoms with E-state index in [0.717, 1.165) is 35.1 Å². The van der Waals surface area contributed by atoms with Gasteiger partial charge in [-0.05, 0) is 31.0 Å². The number of hydrogen-bond donors (Lipinski definition) is 0. The van der Waals surface area contributed by atoms with Crippen LogP contribution in [0, 0.1) is 22.9 Å². The standard InChI is InChI=1S/C14H12FNO4S/c1-3-9-6-13(21-8(9)2)14(17)20-12-7-10(15)4-5-11(12)16(18)19/h4-7H,3H2,1-2H3. The number of thiophene rings is 1. The van der Waals surface area contributed by atoms with Gasteiger partial charge in [-0.2, -0.15) is 0 Å². The molecule has 0 unspecified atom stereocenters. The van der Waals surface area contributed by atoms with Gasteiger partial charge in [0.2, 0.25) is 5.75 Å². The number of benzene rings is 1. The monoisotopic (exact) mass is 309 g/mol. The summed E-state index contributed by atoms with van der Waals surface area (Å²) in [5.74, 6) is -1.83. The van der Waals surface area contributed by atoms with Crippen LogP contribution in [-0.2, 0) is 6.42 Å². The lowest BCUT2D eigenvalue weighted by Crippen LogP contribution is -2.08. The Morgan fingerprint density at radius 3 is 2.71 bits per heavy atom. The third-order valence-corrected chi connectivity index (χ3v) is 4.00. The summed E-state index contributed by atoms with van der Waals surface area (Å²) in [6, 6.07) is 4.43. The summed E-state index contributed by atoms with van der Waals surface area (Å²) >= 11 is 1.25. The van der Waals surface area contributed by atoms with Gasteiger partial charge < -0.3 is 4.74 Å². The van der Waals surface area contributed by atoms with E-state index in [2.05, 4.69) is 0 Å². The summed E-state index contributed by atoms with van der Waals surface area (Å²) in [5, 5.41) is 10.9. The fraction of sp³-hybridized carbons (Fsp3) is 0.214. The fourth-order valence-electron chi connectivity index (χ4n) is 1.84. The average Bonchev–Trinajstić information content (AvgIpc) is 2.79. The van der Waals surface area contributed by atoms with Gasteiger partial charge in [0.15, 0.2) is 0 Å². The van der Waals surface area contributed by atoms with E-state index in [1.54, 1.807) is 6.07 Å². The summed E-state index contributed by atoms with van der Waals surface area (Å²) in [4.78, 5) is 23.5. The molecule has 1 aromatic carbocycles. The summed E-state index contributed by atoms with van der Waals surface area (Å²) in [6.45, 7) is 3.84. The molecule has 0 amide bonds. The minimum Gasteiger partial charge on any atom is -0.415 e. The minimum absolute atomic E-state index is 0.336. The van der Waals surface area contributed by atoms with Gasteiger partial charge in [0.1, 0.15) is 10.7 Å². The number of hydrogen-bond acceptors (Lipinski definition) is 5. The molecule has 2 rings (SSSR count). The second-order valence-corrected chi connectivity index (χ2v) is 5.56. The van der Waals surface area contributed by atoms with Crippen LogP contribution in [0.15, 0.2) is 24.3 Å². The van der Waals surface area contributed by atoms with Crippen molar-refractivity contribution >= 4 is 23.0 Å². The Morgan fingerprint density at radius 1 is 1.43 bits per heavy atom. The summed E-state index contributed by atoms with van der Waals surface area (Å²) in [6.07, 6.45) is 0.774. The molecular weight excluding hydrogens is 297 g/mol. The van der Waals surface area contributed by atoms with Crippen LogP contribution in [0.4, 0.5) is 10.1 Å². The van der Waals surface area contributed by atoms with E-state index in [1.807, 2.05) is 13.8 Å². The first-order valence-corrected chi connectivity index (χ1v) is 6.99. The molecule has 7 heteroatoms. The van der Waals surface area contributed by atoms with Crippen LogP contribution in [0.5, 0.6) is 5.75 Å². The van der Waals surface area contributed by atoms with Gasteiger partial charge in [-0.15, -0.1) is 11.3 Å². The Kier molecular flexibility index (Phi) is 4.32. The van der Waals surface area contributed by atoms with E-state index < -0.39 is 28.1 Å². The van der Waals surface area contributed by atoms with Crippen LogP contribution in [0.25, 0.3) is 0 Å². The minimum atomic E-state index is -0.725. The molecule has 0 fully saturated rings. The number of nitro benzene ring substituents is 1. The van der Waals surface area contributed by atoms with Crippen LogP contribution in [0.2, 0.25) is 0 Å². The van der Waals surface area contributed by atoms with Crippen LogP contribution in [-0.4, -0.2) is 10.9 Å². The molecule has 0 aliphatic heterocycles.